The first kappa shape index (κ1) is 23.9. The molecule has 1 aliphatic carbocycles. The number of allylic oxidation sites excluding steroid dienone is 2. The van der Waals surface area contributed by atoms with Crippen molar-refractivity contribution in [2.75, 3.05) is 13.1 Å². The van der Waals surface area contributed by atoms with Crippen molar-refractivity contribution in [2.45, 2.75) is 43.6 Å². The molecule has 1 aromatic carbocycles. The summed E-state index contributed by atoms with van der Waals surface area (Å²) in [5.41, 5.74) is 0.762. The second-order valence-corrected chi connectivity index (χ2v) is 13.4. The molecule has 35 heavy (non-hydrogen) atoms. The summed E-state index contributed by atoms with van der Waals surface area (Å²) in [5, 5.41) is 6.65. The summed E-state index contributed by atoms with van der Waals surface area (Å²) in [4.78, 5) is 0. The maximum atomic E-state index is 15.1. The molecule has 0 bridgehead atoms. The number of fused-ring (bicyclic) bond motifs is 1. The normalized spacial score (nSPS) is 23.8. The lowest BCUT2D eigenvalue weighted by Gasteiger charge is -2.37. The number of sulfonamides is 1. The van der Waals surface area contributed by atoms with E-state index in [0.717, 1.165) is 22.9 Å². The van der Waals surface area contributed by atoms with Crippen molar-refractivity contribution in [1.82, 2.24) is 18.5 Å². The summed E-state index contributed by atoms with van der Waals surface area (Å²) in [6, 6.07) is 4.02. The number of benzene rings is 1. The summed E-state index contributed by atoms with van der Waals surface area (Å²) in [6.07, 6.45) is 7.16. The monoisotopic (exact) mass is 520 g/mol. The molecule has 12 heteroatoms. The molecule has 0 saturated carbocycles. The van der Waals surface area contributed by atoms with Gasteiger partial charge in [-0.1, -0.05) is 23.8 Å². The molecule has 1 aliphatic heterocycles. The Balaban J connectivity index is 1.70. The first-order valence-corrected chi connectivity index (χ1v) is 14.1. The van der Waals surface area contributed by atoms with Gasteiger partial charge in [0.2, 0.25) is 31.8 Å². The summed E-state index contributed by atoms with van der Waals surface area (Å²) < 4.78 is 76.4. The minimum absolute atomic E-state index is 0.125. The molecule has 0 radical (unpaired) electrons. The Labute approximate surface area is 203 Å². The Kier molecular flexibility index (Phi) is 5.53. The van der Waals surface area contributed by atoms with E-state index in [9.17, 15) is 16.8 Å². The summed E-state index contributed by atoms with van der Waals surface area (Å²) in [5.74, 6) is -0.343. The van der Waals surface area contributed by atoms with Gasteiger partial charge in [-0.25, -0.2) is 29.5 Å². The van der Waals surface area contributed by atoms with Crippen LogP contribution < -0.4 is 0 Å². The molecule has 5 rings (SSSR count). The van der Waals surface area contributed by atoms with E-state index < -0.39 is 35.9 Å². The van der Waals surface area contributed by atoms with Gasteiger partial charge in [0.25, 0.3) is 0 Å². The van der Waals surface area contributed by atoms with E-state index in [1.807, 2.05) is 0 Å². The zero-order valence-corrected chi connectivity index (χ0v) is 21.1. The molecular weight excluding hydrogens is 495 g/mol. The van der Waals surface area contributed by atoms with Gasteiger partial charge in [-0.2, -0.15) is 0 Å². The Morgan fingerprint density at radius 1 is 1.09 bits per heavy atom. The summed E-state index contributed by atoms with van der Waals surface area (Å²) in [6.45, 7) is 5.38. The van der Waals surface area contributed by atoms with Gasteiger partial charge < -0.3 is 4.42 Å². The predicted octanol–water partition coefficient (Wildman–Crippen LogP) is 3.39. The Morgan fingerprint density at radius 2 is 1.80 bits per heavy atom. The lowest BCUT2D eigenvalue weighted by molar-refractivity contribution is 0.460. The summed E-state index contributed by atoms with van der Waals surface area (Å²) in [7, 11) is -8.48. The van der Waals surface area contributed by atoms with Crippen LogP contribution in [0.4, 0.5) is 4.39 Å². The van der Waals surface area contributed by atoms with E-state index in [0.29, 0.717) is 30.1 Å². The first-order valence-electron chi connectivity index (χ1n) is 11.2. The van der Waals surface area contributed by atoms with Crippen LogP contribution in [0.1, 0.15) is 32.6 Å². The number of hydrogen-bond donors (Lipinski definition) is 0. The van der Waals surface area contributed by atoms with Crippen molar-refractivity contribution in [2.24, 2.45) is 0 Å². The SMILES string of the molecule is CC1=CC(C)(S(=O)(=O)n2ccc3c(-c4nnc(C)o4)ccc(F)c32)C(S(=O)(=O)N2CCCC2)C=C1. The third-order valence-electron chi connectivity index (χ3n) is 6.69. The predicted molar refractivity (Wildman–Crippen MR) is 129 cm³/mol. The molecule has 3 aromatic rings. The van der Waals surface area contributed by atoms with Gasteiger partial charge in [0, 0.05) is 37.2 Å². The van der Waals surface area contributed by atoms with Gasteiger partial charge in [0.1, 0.15) is 21.3 Å². The minimum Gasteiger partial charge on any atom is -0.421 e. The van der Waals surface area contributed by atoms with E-state index in [1.54, 1.807) is 19.9 Å². The van der Waals surface area contributed by atoms with Crippen molar-refractivity contribution >= 4 is 30.9 Å². The highest BCUT2D eigenvalue weighted by molar-refractivity contribution is 7.95. The Bertz CT molecular complexity index is 1600. The van der Waals surface area contributed by atoms with Gasteiger partial charge >= 0.3 is 0 Å². The van der Waals surface area contributed by atoms with Crippen LogP contribution in [-0.2, 0) is 20.0 Å². The fraction of sp³-hybridized carbons (Fsp3) is 0.391. The molecule has 2 aliphatic rings. The number of aryl methyl sites for hydroxylation is 1. The van der Waals surface area contributed by atoms with E-state index in [-0.39, 0.29) is 16.8 Å². The van der Waals surface area contributed by atoms with Crippen molar-refractivity contribution in [3.05, 3.63) is 59.9 Å². The average molecular weight is 521 g/mol. The second-order valence-electron chi connectivity index (χ2n) is 9.10. The Hall–Kier alpha value is -2.83. The average Bonchev–Trinajstić information content (AvgIpc) is 3.55. The summed E-state index contributed by atoms with van der Waals surface area (Å²) >= 11 is 0. The highest BCUT2D eigenvalue weighted by Gasteiger charge is 2.53. The number of aromatic nitrogens is 3. The number of hydrogen-bond acceptors (Lipinski definition) is 7. The fourth-order valence-electron chi connectivity index (χ4n) is 4.93. The molecule has 0 spiro atoms. The van der Waals surface area contributed by atoms with Crippen LogP contribution in [0.3, 0.4) is 0 Å². The topological polar surface area (TPSA) is 115 Å². The van der Waals surface area contributed by atoms with Crippen molar-refractivity contribution < 1.29 is 25.6 Å². The van der Waals surface area contributed by atoms with Crippen LogP contribution in [0, 0.1) is 12.7 Å². The highest BCUT2D eigenvalue weighted by atomic mass is 32.2. The zero-order chi connectivity index (χ0) is 25.2. The number of rotatable bonds is 5. The number of nitrogens with zero attached hydrogens (tertiary/aromatic N) is 4. The van der Waals surface area contributed by atoms with Crippen LogP contribution in [0.25, 0.3) is 22.4 Å². The Morgan fingerprint density at radius 3 is 2.46 bits per heavy atom. The van der Waals surface area contributed by atoms with Crippen LogP contribution >= 0.6 is 0 Å². The maximum absolute atomic E-state index is 15.1. The lowest BCUT2D eigenvalue weighted by atomic mass is 9.97. The molecule has 9 nitrogen and oxygen atoms in total. The molecule has 186 valence electrons. The molecule has 0 N–H and O–H groups in total. The lowest BCUT2D eigenvalue weighted by Crippen LogP contribution is -2.54. The number of halogens is 1. The van der Waals surface area contributed by atoms with E-state index in [4.69, 9.17) is 4.42 Å². The third kappa shape index (κ3) is 3.57. The quantitative estimate of drug-likeness (QED) is 0.506. The zero-order valence-electron chi connectivity index (χ0n) is 19.5. The van der Waals surface area contributed by atoms with Crippen LogP contribution in [0.2, 0.25) is 0 Å². The minimum atomic E-state index is -4.48. The van der Waals surface area contributed by atoms with E-state index in [1.165, 1.54) is 41.7 Å². The largest absolute Gasteiger partial charge is 0.421 e. The van der Waals surface area contributed by atoms with Crippen molar-refractivity contribution in [3.63, 3.8) is 0 Å². The van der Waals surface area contributed by atoms with Crippen molar-refractivity contribution in [1.29, 1.82) is 0 Å². The fourth-order valence-corrected chi connectivity index (χ4v) is 9.46. The van der Waals surface area contributed by atoms with E-state index >= 15 is 4.39 Å². The van der Waals surface area contributed by atoms with Crippen LogP contribution in [-0.4, -0.2) is 58.4 Å². The van der Waals surface area contributed by atoms with Gasteiger partial charge in [-0.05, 0) is 44.9 Å². The smallest absolute Gasteiger partial charge is 0.249 e. The van der Waals surface area contributed by atoms with Crippen LogP contribution in [0.5, 0.6) is 0 Å². The maximum Gasteiger partial charge on any atom is 0.249 e. The van der Waals surface area contributed by atoms with Gasteiger partial charge in [0.05, 0.1) is 0 Å². The third-order valence-corrected chi connectivity index (χ3v) is 11.5. The molecule has 1 fully saturated rings. The van der Waals surface area contributed by atoms with Gasteiger partial charge in [0.15, 0.2) is 0 Å². The molecule has 3 heterocycles. The molecule has 1 saturated heterocycles. The molecular formula is C23H25FN4O5S2. The standard InChI is InChI=1S/C23H25FN4O5S2/c1-15-6-9-20(34(29,30)27-11-4-5-12-27)23(3,14-15)35(31,32)28-13-10-17-18(7-8-19(24)21(17)28)22-26-25-16(2)33-22/h6-10,13-14,20H,4-5,11-12H2,1-3H3. The molecule has 2 unspecified atom stereocenters. The van der Waals surface area contributed by atoms with Crippen LogP contribution in [0.15, 0.2) is 52.6 Å². The molecule has 0 amide bonds. The molecule has 2 aromatic heterocycles. The van der Waals surface area contributed by atoms with Gasteiger partial charge in [-0.15, -0.1) is 10.2 Å². The first-order chi connectivity index (χ1) is 16.5. The van der Waals surface area contributed by atoms with Crippen molar-refractivity contribution in [3.8, 4) is 11.5 Å². The van der Waals surface area contributed by atoms with Gasteiger partial charge in [-0.3, -0.25) is 0 Å². The molecule has 2 atom stereocenters. The highest BCUT2D eigenvalue weighted by Crippen LogP contribution is 2.40. The second kappa shape index (κ2) is 8.10. The van der Waals surface area contributed by atoms with E-state index in [2.05, 4.69) is 10.2 Å².